The highest BCUT2D eigenvalue weighted by Gasteiger charge is 2.31. The Labute approximate surface area is 407 Å². The lowest BCUT2D eigenvalue weighted by molar-refractivity contribution is -0.140. The first-order valence-electron chi connectivity index (χ1n) is 23.6. The average Bonchev–Trinajstić information content (AvgIpc) is 3.26. The summed E-state index contributed by atoms with van der Waals surface area (Å²) < 4.78 is 0. The quantitative estimate of drug-likeness (QED) is 0.0304. The molecule has 0 unspecified atom stereocenters. The van der Waals surface area contributed by atoms with Crippen LogP contribution in [0.4, 0.5) is 0 Å². The molecule has 0 spiro atoms. The Bertz CT molecular complexity index is 1720. The van der Waals surface area contributed by atoms with Crippen LogP contribution in [0.5, 0.6) is 0 Å². The first kappa shape index (κ1) is 62.2. The summed E-state index contributed by atoms with van der Waals surface area (Å²) in [7, 11) is 1.68. The van der Waals surface area contributed by atoms with E-state index >= 15 is 0 Å². The lowest BCUT2D eigenvalue weighted by Gasteiger charge is -2.33. The maximum absolute atomic E-state index is 14.0. The van der Waals surface area contributed by atoms with Crippen LogP contribution in [0.3, 0.4) is 0 Å². The fraction of sp³-hybridized carbons (Fsp3) is 0.750. The molecule has 1 saturated heterocycles. The number of nitrogens with one attached hydrogen (secondary N) is 5. The fourth-order valence-corrected chi connectivity index (χ4v) is 7.59. The topological polar surface area (TPSA) is 382 Å². The Morgan fingerprint density at radius 1 is 0.414 bits per heavy atom. The number of nitrogens with zero attached hydrogens (tertiary/aromatic N) is 4. The van der Waals surface area contributed by atoms with Crippen LogP contribution in [0.1, 0.15) is 90.9 Å². The third kappa shape index (κ3) is 28.6. The van der Waals surface area contributed by atoms with Crippen LogP contribution in [0.2, 0.25) is 0 Å². The number of hydrogen-bond donors (Lipinski definition) is 11. The second-order valence-electron chi connectivity index (χ2n) is 17.6. The average molecular weight is 1000 g/mol. The van der Waals surface area contributed by atoms with Gasteiger partial charge in [0.2, 0.25) is 23.6 Å². The van der Waals surface area contributed by atoms with E-state index in [2.05, 4.69) is 26.6 Å². The van der Waals surface area contributed by atoms with Crippen molar-refractivity contribution in [3.05, 3.63) is 0 Å². The molecule has 70 heavy (non-hydrogen) atoms. The minimum Gasteiger partial charge on any atom is -0.481 e. The molecular weight excluding hydrogens is 927 g/mol. The molecule has 1 fully saturated rings. The summed E-state index contributed by atoms with van der Waals surface area (Å²) in [4.78, 5) is 143. The summed E-state index contributed by atoms with van der Waals surface area (Å²) in [6.45, 7) is 3.00. The van der Waals surface area contributed by atoms with Crippen LogP contribution in [0.15, 0.2) is 0 Å². The van der Waals surface area contributed by atoms with Crippen LogP contribution in [-0.2, 0) is 52.7 Å². The zero-order chi connectivity index (χ0) is 52.8. The van der Waals surface area contributed by atoms with Crippen LogP contribution < -0.4 is 26.6 Å². The molecule has 4 atom stereocenters. The number of likely N-dealkylation sites (N-methyl/N-ethyl adjacent to an activating group) is 1. The Morgan fingerprint density at radius 2 is 0.743 bits per heavy atom. The van der Waals surface area contributed by atoms with Crippen molar-refractivity contribution in [2.24, 2.45) is 5.92 Å². The summed E-state index contributed by atoms with van der Waals surface area (Å²) in [6.07, 6.45) is -0.510. The smallest absolute Gasteiger partial charge is 0.317 e. The van der Waals surface area contributed by atoms with Crippen LogP contribution >= 0.6 is 0 Å². The molecule has 0 aliphatic carbocycles. The summed E-state index contributed by atoms with van der Waals surface area (Å²) in [6, 6.07) is -4.59. The van der Waals surface area contributed by atoms with E-state index in [1.807, 2.05) is 0 Å². The highest BCUT2D eigenvalue weighted by atomic mass is 16.4. The van der Waals surface area contributed by atoms with Crippen molar-refractivity contribution in [1.82, 2.24) is 46.2 Å². The number of hydrogen-bond acceptors (Lipinski definition) is 16. The molecule has 0 radical (unpaired) electrons. The molecule has 0 aromatic rings. The Balaban J connectivity index is 3.35. The van der Waals surface area contributed by atoms with Crippen molar-refractivity contribution in [1.29, 1.82) is 0 Å². The number of rotatable bonds is 34. The van der Waals surface area contributed by atoms with E-state index in [-0.39, 0.29) is 128 Å². The monoisotopic (exact) mass is 1000 g/mol. The third-order valence-electron chi connectivity index (χ3n) is 11.4. The molecule has 1 rings (SSSR count). The molecule has 11 N–H and O–H groups in total. The van der Waals surface area contributed by atoms with Crippen LogP contribution in [0.25, 0.3) is 0 Å². The molecule has 26 nitrogen and oxygen atoms in total. The molecule has 26 heteroatoms. The minimum absolute atomic E-state index is 0.0276. The third-order valence-corrected chi connectivity index (χ3v) is 11.4. The summed E-state index contributed by atoms with van der Waals surface area (Å²) in [5.74, 6) is -10.4. The number of carbonyl (C=O) groups excluding carboxylic acids is 5. The van der Waals surface area contributed by atoms with Crippen molar-refractivity contribution in [2.45, 2.75) is 115 Å². The normalized spacial score (nSPS) is 16.3. The molecule has 0 aromatic carbocycles. The number of ketones is 1. The molecular formula is C44H75N9O17. The molecule has 0 aromatic heterocycles. The van der Waals surface area contributed by atoms with Crippen molar-refractivity contribution in [3.63, 3.8) is 0 Å². The maximum atomic E-state index is 14.0. The molecule has 1 aliphatic rings. The Kier molecular flexibility index (Phi) is 30.6. The van der Waals surface area contributed by atoms with Gasteiger partial charge in [0.15, 0.2) is 5.78 Å². The van der Waals surface area contributed by atoms with Gasteiger partial charge in [-0.25, -0.2) is 0 Å². The van der Waals surface area contributed by atoms with Crippen molar-refractivity contribution >= 4 is 65.2 Å². The number of Topliss-reactive ketones (excluding diaryl/α,β-unsaturated/α-hetero) is 1. The van der Waals surface area contributed by atoms with Gasteiger partial charge in [-0.2, -0.15) is 0 Å². The highest BCUT2D eigenvalue weighted by Crippen LogP contribution is 2.11. The van der Waals surface area contributed by atoms with Gasteiger partial charge in [0.05, 0.1) is 32.2 Å². The fourth-order valence-electron chi connectivity index (χ4n) is 7.59. The molecule has 1 heterocycles. The standard InChI is InChI=1S/C44H75N9O17/c1-29(2)41(67)30(45-3)9-4-5-16-46-42(68)31(10-6-13-35(55)56)48-44(70)33(12-8-15-37(59)60)49-43(69)32(11-7-14-36(57)58)47-34(54)25-50-17-19-51(26-38(61)62)21-23-53(28-40(65)66)24-22-52(20-18-50)27-39(63)64/h29-33,45H,4-28H2,1-3H3,(H,46,68)(H,47,54)(H,48,70)(H,49,69)(H,55,56)(H,57,58)(H,59,60)(H,61,62)(H,63,64)(H,65,66)/t30-,31+,32+,33+/m1/s1. The highest BCUT2D eigenvalue weighted by molar-refractivity contribution is 5.94. The van der Waals surface area contributed by atoms with Gasteiger partial charge < -0.3 is 57.2 Å². The van der Waals surface area contributed by atoms with E-state index < -0.39 is 110 Å². The van der Waals surface area contributed by atoms with Gasteiger partial charge >= 0.3 is 35.8 Å². The van der Waals surface area contributed by atoms with Gasteiger partial charge in [-0.15, -0.1) is 0 Å². The molecule has 1 aliphatic heterocycles. The van der Waals surface area contributed by atoms with E-state index in [1.54, 1.807) is 40.5 Å². The Hall–Kier alpha value is -5.83. The largest absolute Gasteiger partial charge is 0.481 e. The summed E-state index contributed by atoms with van der Waals surface area (Å²) >= 11 is 0. The van der Waals surface area contributed by atoms with Gasteiger partial charge in [0.1, 0.15) is 18.1 Å². The van der Waals surface area contributed by atoms with E-state index in [4.69, 9.17) is 0 Å². The summed E-state index contributed by atoms with van der Waals surface area (Å²) in [5.41, 5.74) is 0. The number of aliphatic carboxylic acids is 6. The van der Waals surface area contributed by atoms with E-state index in [9.17, 15) is 83.4 Å². The number of unbranched alkanes of at least 4 members (excludes halogenated alkanes) is 1. The molecule has 4 amide bonds. The number of carboxylic acid groups (broad SMARTS) is 6. The molecule has 0 bridgehead atoms. The van der Waals surface area contributed by atoms with Crippen molar-refractivity contribution in [3.8, 4) is 0 Å². The molecule has 398 valence electrons. The molecule has 0 saturated carbocycles. The lowest BCUT2D eigenvalue weighted by Crippen LogP contribution is -2.57. The van der Waals surface area contributed by atoms with Crippen molar-refractivity contribution in [2.75, 3.05) is 92.1 Å². The van der Waals surface area contributed by atoms with Gasteiger partial charge in [0, 0.05) is 84.1 Å². The lowest BCUT2D eigenvalue weighted by atomic mass is 9.97. The predicted molar refractivity (Wildman–Crippen MR) is 248 cm³/mol. The van der Waals surface area contributed by atoms with E-state index in [0.29, 0.717) is 19.3 Å². The summed E-state index contributed by atoms with van der Waals surface area (Å²) in [5, 5.41) is 69.8. The number of carboxylic acids is 6. The number of amides is 4. The van der Waals surface area contributed by atoms with Crippen LogP contribution in [0, 0.1) is 5.92 Å². The van der Waals surface area contributed by atoms with Gasteiger partial charge in [-0.1, -0.05) is 13.8 Å². The second-order valence-corrected chi connectivity index (χ2v) is 17.6. The van der Waals surface area contributed by atoms with E-state index in [0.717, 1.165) is 0 Å². The minimum atomic E-state index is -1.49. The SMILES string of the molecule is CN[C@H](CCCCNC(=O)[C@H](CCCC(=O)O)NC(=O)[C@H](CCCC(=O)O)NC(=O)[C@H](CCCC(=O)O)NC(=O)CN1CCN(CC(=O)O)CCN(CC(=O)O)CCN(CC(=O)O)CC1)C(=O)C(C)C. The zero-order valence-electron chi connectivity index (χ0n) is 40.5. The van der Waals surface area contributed by atoms with Gasteiger partial charge in [-0.3, -0.25) is 72.3 Å². The zero-order valence-corrected chi connectivity index (χ0v) is 40.5. The van der Waals surface area contributed by atoms with E-state index in [1.165, 1.54) is 0 Å². The van der Waals surface area contributed by atoms with Crippen molar-refractivity contribution < 1.29 is 83.4 Å². The van der Waals surface area contributed by atoms with Gasteiger partial charge in [-0.05, 0) is 64.8 Å². The Morgan fingerprint density at radius 3 is 1.07 bits per heavy atom. The first-order valence-corrected chi connectivity index (χ1v) is 23.6. The van der Waals surface area contributed by atoms with Crippen LogP contribution in [-0.4, -0.2) is 232 Å². The number of carbonyl (C=O) groups is 11. The van der Waals surface area contributed by atoms with Gasteiger partial charge in [0.25, 0.3) is 0 Å². The first-order chi connectivity index (χ1) is 33.0. The second kappa shape index (κ2) is 34.5. The predicted octanol–water partition coefficient (Wildman–Crippen LogP) is -2.22. The maximum Gasteiger partial charge on any atom is 0.317 e.